The van der Waals surface area contributed by atoms with Gasteiger partial charge >= 0.3 is 0 Å². The molecule has 0 aliphatic heterocycles. The average molecular weight is 181 g/mol. The van der Waals surface area contributed by atoms with Crippen molar-refractivity contribution in [3.63, 3.8) is 0 Å². The minimum Gasteiger partial charge on any atom is -0.380 e. The van der Waals surface area contributed by atoms with Gasteiger partial charge in [-0.3, -0.25) is 16.3 Å². The number of aromatic nitrogens is 1. The fourth-order valence-electron chi connectivity index (χ4n) is 1.06. The highest BCUT2D eigenvalue weighted by atomic mass is 16.5. The van der Waals surface area contributed by atoms with Crippen molar-refractivity contribution < 1.29 is 4.74 Å². The minimum atomic E-state index is 0.0219. The van der Waals surface area contributed by atoms with E-state index < -0.39 is 0 Å². The number of nitrogens with two attached hydrogens (primary N) is 1. The highest BCUT2D eigenvalue weighted by Crippen LogP contribution is 2.09. The topological polar surface area (TPSA) is 60.2 Å². The smallest absolute Gasteiger partial charge is 0.0708 e. The molecule has 0 bridgehead atoms. The Labute approximate surface area is 78.1 Å². The molecule has 1 heterocycles. The van der Waals surface area contributed by atoms with Gasteiger partial charge in [0, 0.05) is 19.0 Å². The van der Waals surface area contributed by atoms with Crippen LogP contribution in [0.2, 0.25) is 0 Å². The lowest BCUT2D eigenvalue weighted by atomic mass is 10.1. The van der Waals surface area contributed by atoms with Crippen LogP contribution in [0.4, 0.5) is 0 Å². The molecule has 0 spiro atoms. The zero-order chi connectivity index (χ0) is 9.52. The molecule has 1 unspecified atom stereocenters. The van der Waals surface area contributed by atoms with Gasteiger partial charge in [-0.25, -0.2) is 0 Å². The van der Waals surface area contributed by atoms with E-state index in [1.165, 1.54) is 0 Å². The van der Waals surface area contributed by atoms with Gasteiger partial charge in [0.15, 0.2) is 0 Å². The zero-order valence-electron chi connectivity index (χ0n) is 7.73. The number of hydrazine groups is 1. The van der Waals surface area contributed by atoms with Crippen molar-refractivity contribution in [3.8, 4) is 0 Å². The van der Waals surface area contributed by atoms with Crippen LogP contribution in [0.15, 0.2) is 24.5 Å². The van der Waals surface area contributed by atoms with Crippen molar-refractivity contribution in [2.75, 3.05) is 13.2 Å². The van der Waals surface area contributed by atoms with Gasteiger partial charge in [0.2, 0.25) is 0 Å². The van der Waals surface area contributed by atoms with E-state index in [1.807, 2.05) is 19.1 Å². The van der Waals surface area contributed by atoms with Crippen LogP contribution < -0.4 is 11.3 Å². The number of nitrogens with one attached hydrogen (secondary N) is 1. The minimum absolute atomic E-state index is 0.0219. The van der Waals surface area contributed by atoms with Crippen molar-refractivity contribution in [2.24, 2.45) is 5.84 Å². The fraction of sp³-hybridized carbons (Fsp3) is 0.444. The van der Waals surface area contributed by atoms with Gasteiger partial charge in [-0.1, -0.05) is 6.07 Å². The summed E-state index contributed by atoms with van der Waals surface area (Å²) < 4.78 is 5.27. The zero-order valence-corrected chi connectivity index (χ0v) is 7.73. The first kappa shape index (κ1) is 10.1. The van der Waals surface area contributed by atoms with Gasteiger partial charge in [-0.2, -0.15) is 0 Å². The fourth-order valence-corrected chi connectivity index (χ4v) is 1.06. The van der Waals surface area contributed by atoms with Gasteiger partial charge in [0.05, 0.1) is 12.6 Å². The summed E-state index contributed by atoms with van der Waals surface area (Å²) >= 11 is 0. The molecule has 0 aliphatic rings. The second-order valence-corrected chi connectivity index (χ2v) is 2.67. The summed E-state index contributed by atoms with van der Waals surface area (Å²) in [5.41, 5.74) is 3.73. The molecule has 3 N–H and O–H groups in total. The van der Waals surface area contributed by atoms with E-state index in [9.17, 15) is 0 Å². The van der Waals surface area contributed by atoms with Gasteiger partial charge in [0.25, 0.3) is 0 Å². The van der Waals surface area contributed by atoms with E-state index in [-0.39, 0.29) is 6.04 Å². The third-order valence-corrected chi connectivity index (χ3v) is 1.78. The first-order chi connectivity index (χ1) is 6.38. The normalized spacial score (nSPS) is 12.8. The molecule has 0 fully saturated rings. The van der Waals surface area contributed by atoms with Crippen LogP contribution in [0.5, 0.6) is 0 Å². The summed E-state index contributed by atoms with van der Waals surface area (Å²) in [5, 5.41) is 0. The Morgan fingerprint density at radius 1 is 1.69 bits per heavy atom. The maximum atomic E-state index is 5.39. The Balaban J connectivity index is 2.56. The molecule has 13 heavy (non-hydrogen) atoms. The highest BCUT2D eigenvalue weighted by molar-refractivity contribution is 5.13. The van der Waals surface area contributed by atoms with Crippen molar-refractivity contribution in [1.29, 1.82) is 0 Å². The van der Waals surface area contributed by atoms with E-state index in [0.717, 1.165) is 5.56 Å². The average Bonchev–Trinajstić information content (AvgIpc) is 2.21. The molecule has 0 aliphatic carbocycles. The van der Waals surface area contributed by atoms with E-state index in [2.05, 4.69) is 10.4 Å². The summed E-state index contributed by atoms with van der Waals surface area (Å²) in [6.07, 6.45) is 3.52. The van der Waals surface area contributed by atoms with Gasteiger partial charge in [0.1, 0.15) is 0 Å². The van der Waals surface area contributed by atoms with Crippen LogP contribution in [-0.4, -0.2) is 18.2 Å². The molecular formula is C9H15N3O. The number of hydrogen-bond donors (Lipinski definition) is 2. The van der Waals surface area contributed by atoms with Gasteiger partial charge < -0.3 is 4.74 Å². The number of rotatable bonds is 5. The number of pyridine rings is 1. The molecule has 1 atom stereocenters. The molecule has 1 aromatic heterocycles. The van der Waals surface area contributed by atoms with E-state index in [4.69, 9.17) is 10.6 Å². The Bertz CT molecular complexity index is 228. The van der Waals surface area contributed by atoms with E-state index in [0.29, 0.717) is 13.2 Å². The predicted octanol–water partition coefficient (Wildman–Crippen LogP) is 0.622. The molecule has 0 amide bonds. The molecule has 0 aromatic carbocycles. The van der Waals surface area contributed by atoms with Crippen LogP contribution in [0.3, 0.4) is 0 Å². The molecule has 0 saturated heterocycles. The van der Waals surface area contributed by atoms with Gasteiger partial charge in [-0.05, 0) is 18.6 Å². The largest absolute Gasteiger partial charge is 0.380 e. The summed E-state index contributed by atoms with van der Waals surface area (Å²) in [4.78, 5) is 4.01. The Morgan fingerprint density at radius 2 is 2.54 bits per heavy atom. The summed E-state index contributed by atoms with van der Waals surface area (Å²) in [6, 6.07) is 3.87. The summed E-state index contributed by atoms with van der Waals surface area (Å²) in [7, 11) is 0. The Morgan fingerprint density at radius 3 is 3.08 bits per heavy atom. The first-order valence-electron chi connectivity index (χ1n) is 4.32. The number of ether oxygens (including phenoxy) is 1. The molecule has 0 radical (unpaired) electrons. The quantitative estimate of drug-likeness (QED) is 0.516. The standard InChI is InChI=1S/C9H15N3O/c1-2-13-7-9(12-10)8-4-3-5-11-6-8/h3-6,9,12H,2,7,10H2,1H3. The van der Waals surface area contributed by atoms with Crippen LogP contribution >= 0.6 is 0 Å². The second kappa shape index (κ2) is 5.64. The highest BCUT2D eigenvalue weighted by Gasteiger charge is 2.08. The summed E-state index contributed by atoms with van der Waals surface area (Å²) in [6.45, 7) is 3.22. The van der Waals surface area contributed by atoms with Crippen LogP contribution in [0, 0.1) is 0 Å². The maximum Gasteiger partial charge on any atom is 0.0708 e. The maximum absolute atomic E-state index is 5.39. The number of hydrogen-bond acceptors (Lipinski definition) is 4. The van der Waals surface area contributed by atoms with Crippen molar-refractivity contribution in [1.82, 2.24) is 10.4 Å². The van der Waals surface area contributed by atoms with Crippen molar-refractivity contribution in [2.45, 2.75) is 13.0 Å². The van der Waals surface area contributed by atoms with Crippen molar-refractivity contribution in [3.05, 3.63) is 30.1 Å². The van der Waals surface area contributed by atoms with Crippen LogP contribution in [-0.2, 0) is 4.74 Å². The molecule has 0 saturated carbocycles. The SMILES string of the molecule is CCOCC(NN)c1cccnc1. The monoisotopic (exact) mass is 181 g/mol. The number of nitrogens with zero attached hydrogens (tertiary/aromatic N) is 1. The van der Waals surface area contributed by atoms with E-state index in [1.54, 1.807) is 12.4 Å². The Kier molecular flexibility index (Phi) is 4.39. The van der Waals surface area contributed by atoms with Gasteiger partial charge in [-0.15, -0.1) is 0 Å². The first-order valence-corrected chi connectivity index (χ1v) is 4.32. The molecule has 4 heteroatoms. The van der Waals surface area contributed by atoms with Crippen molar-refractivity contribution >= 4 is 0 Å². The predicted molar refractivity (Wildman–Crippen MR) is 50.8 cm³/mol. The third-order valence-electron chi connectivity index (χ3n) is 1.78. The molecule has 1 aromatic rings. The van der Waals surface area contributed by atoms with Crippen LogP contribution in [0.1, 0.15) is 18.5 Å². The lowest BCUT2D eigenvalue weighted by Gasteiger charge is -2.15. The lowest BCUT2D eigenvalue weighted by Crippen LogP contribution is -2.31. The van der Waals surface area contributed by atoms with E-state index >= 15 is 0 Å². The van der Waals surface area contributed by atoms with Crippen LogP contribution in [0.25, 0.3) is 0 Å². The third kappa shape index (κ3) is 3.10. The summed E-state index contributed by atoms with van der Waals surface area (Å²) in [5.74, 6) is 5.39. The molecule has 4 nitrogen and oxygen atoms in total. The molecule has 72 valence electrons. The lowest BCUT2D eigenvalue weighted by molar-refractivity contribution is 0.123. The second-order valence-electron chi connectivity index (χ2n) is 2.67. The molecular weight excluding hydrogens is 166 g/mol. The molecule has 1 rings (SSSR count). The Hall–Kier alpha value is -0.970.